The Hall–Kier alpha value is -0.810. The van der Waals surface area contributed by atoms with Crippen LogP contribution in [0.2, 0.25) is 0 Å². The fraction of sp³-hybridized carbons (Fsp3) is 0.929. The number of urea groups is 1. The van der Waals surface area contributed by atoms with Crippen LogP contribution >= 0.6 is 0 Å². The van der Waals surface area contributed by atoms with Crippen LogP contribution in [0.3, 0.4) is 0 Å². The number of carbonyl (C=O) groups is 1. The summed E-state index contributed by atoms with van der Waals surface area (Å²) in [6.07, 6.45) is 5.08. The number of hydrogen-bond acceptors (Lipinski definition) is 3. The first-order chi connectivity index (χ1) is 9.19. The van der Waals surface area contributed by atoms with Gasteiger partial charge in [0.15, 0.2) is 0 Å². The summed E-state index contributed by atoms with van der Waals surface area (Å²) in [5.74, 6) is 0.414. The van der Waals surface area contributed by atoms with Crippen LogP contribution in [0.5, 0.6) is 0 Å². The number of amides is 2. The average Bonchev–Trinajstić information content (AvgIpc) is 3.23. The van der Waals surface area contributed by atoms with Crippen LogP contribution < -0.4 is 10.6 Å². The highest BCUT2D eigenvalue weighted by molar-refractivity contribution is 5.74. The van der Waals surface area contributed by atoms with Crippen molar-refractivity contribution in [3.05, 3.63) is 0 Å². The number of nitrogens with one attached hydrogen (secondary N) is 2. The predicted octanol–water partition coefficient (Wildman–Crippen LogP) is 0.931. The Labute approximate surface area is 115 Å². The van der Waals surface area contributed by atoms with E-state index in [0.29, 0.717) is 12.5 Å². The van der Waals surface area contributed by atoms with E-state index in [4.69, 9.17) is 0 Å². The van der Waals surface area contributed by atoms with Gasteiger partial charge in [-0.15, -0.1) is 0 Å². The monoisotopic (exact) mass is 269 g/mol. The molecule has 5 nitrogen and oxygen atoms in total. The largest absolute Gasteiger partial charge is 0.391 e. The summed E-state index contributed by atoms with van der Waals surface area (Å²) >= 11 is 0. The molecule has 1 atom stereocenters. The summed E-state index contributed by atoms with van der Waals surface area (Å²) < 4.78 is 0. The molecule has 2 rings (SSSR count). The Bertz CT molecular complexity index is 286. The Kier molecular flexibility index (Phi) is 5.45. The van der Waals surface area contributed by atoms with Crippen LogP contribution in [0.15, 0.2) is 0 Å². The summed E-state index contributed by atoms with van der Waals surface area (Å²) in [7, 11) is 0. The van der Waals surface area contributed by atoms with Crippen LogP contribution in [0.1, 0.15) is 39.0 Å². The quantitative estimate of drug-likeness (QED) is 0.672. The van der Waals surface area contributed by atoms with E-state index < -0.39 is 0 Å². The van der Waals surface area contributed by atoms with Crippen molar-refractivity contribution in [1.82, 2.24) is 15.5 Å². The average molecular weight is 269 g/mol. The zero-order chi connectivity index (χ0) is 13.7. The lowest BCUT2D eigenvalue weighted by Crippen LogP contribution is -2.49. The molecule has 0 aromatic rings. The molecule has 1 saturated heterocycles. The van der Waals surface area contributed by atoms with Gasteiger partial charge in [0.05, 0.1) is 6.10 Å². The molecule has 0 spiro atoms. The van der Waals surface area contributed by atoms with Gasteiger partial charge in [-0.05, 0) is 44.6 Å². The third-order valence-corrected chi connectivity index (χ3v) is 4.10. The summed E-state index contributed by atoms with van der Waals surface area (Å²) in [5.41, 5.74) is 0. The number of hydrogen-bond donors (Lipinski definition) is 3. The fourth-order valence-electron chi connectivity index (χ4n) is 2.70. The van der Waals surface area contributed by atoms with Crippen molar-refractivity contribution in [1.29, 1.82) is 0 Å². The molecule has 0 radical (unpaired) electrons. The van der Waals surface area contributed by atoms with Crippen molar-refractivity contribution in [2.75, 3.05) is 26.2 Å². The smallest absolute Gasteiger partial charge is 0.315 e. The van der Waals surface area contributed by atoms with Gasteiger partial charge in [-0.3, -0.25) is 0 Å². The molecule has 19 heavy (non-hydrogen) atoms. The molecule has 1 aliphatic heterocycles. The van der Waals surface area contributed by atoms with Crippen LogP contribution in [0, 0.1) is 5.92 Å². The second-order valence-electron chi connectivity index (χ2n) is 5.88. The van der Waals surface area contributed by atoms with Crippen molar-refractivity contribution in [2.24, 2.45) is 5.92 Å². The zero-order valence-electron chi connectivity index (χ0n) is 11.9. The van der Waals surface area contributed by atoms with Crippen molar-refractivity contribution in [3.63, 3.8) is 0 Å². The standard InChI is InChI=1S/C14H27N3O2/c1-2-7-17-8-5-12(6-9-17)16-14(19)15-10-13(18)11-3-4-11/h11-13,18H,2-10H2,1H3,(H2,15,16,19)/t13-/m1/s1. The highest BCUT2D eigenvalue weighted by Crippen LogP contribution is 2.32. The van der Waals surface area contributed by atoms with Gasteiger partial charge >= 0.3 is 6.03 Å². The van der Waals surface area contributed by atoms with Gasteiger partial charge in [0.1, 0.15) is 0 Å². The first kappa shape index (κ1) is 14.6. The molecular weight excluding hydrogens is 242 g/mol. The van der Waals surface area contributed by atoms with Crippen molar-refractivity contribution in [2.45, 2.75) is 51.2 Å². The molecule has 110 valence electrons. The summed E-state index contributed by atoms with van der Waals surface area (Å²) in [4.78, 5) is 14.2. The molecule has 1 heterocycles. The van der Waals surface area contributed by atoms with Crippen LogP contribution in [0.4, 0.5) is 4.79 Å². The first-order valence-corrected chi connectivity index (χ1v) is 7.63. The molecule has 0 aromatic carbocycles. The van der Waals surface area contributed by atoms with Crippen molar-refractivity contribution >= 4 is 6.03 Å². The van der Waals surface area contributed by atoms with E-state index in [-0.39, 0.29) is 18.2 Å². The maximum atomic E-state index is 11.7. The van der Waals surface area contributed by atoms with E-state index in [1.54, 1.807) is 0 Å². The number of likely N-dealkylation sites (tertiary alicyclic amines) is 1. The summed E-state index contributed by atoms with van der Waals surface area (Å²) in [6, 6.07) is 0.153. The highest BCUT2D eigenvalue weighted by atomic mass is 16.3. The molecule has 1 aliphatic carbocycles. The third kappa shape index (κ3) is 4.99. The van der Waals surface area contributed by atoms with Crippen molar-refractivity contribution < 1.29 is 9.90 Å². The highest BCUT2D eigenvalue weighted by Gasteiger charge is 2.29. The number of carbonyl (C=O) groups excluding carboxylic acids is 1. The molecule has 0 aromatic heterocycles. The van der Waals surface area contributed by atoms with Gasteiger partial charge in [-0.25, -0.2) is 4.79 Å². The third-order valence-electron chi connectivity index (χ3n) is 4.10. The first-order valence-electron chi connectivity index (χ1n) is 7.63. The maximum absolute atomic E-state index is 11.7. The SMILES string of the molecule is CCCN1CCC(NC(=O)NC[C@@H](O)C2CC2)CC1. The molecule has 2 aliphatic rings. The lowest BCUT2D eigenvalue weighted by Gasteiger charge is -2.32. The van der Waals surface area contributed by atoms with Gasteiger partial charge in [0.2, 0.25) is 0 Å². The molecule has 2 fully saturated rings. The van der Waals surface area contributed by atoms with E-state index in [1.165, 1.54) is 6.42 Å². The minimum absolute atomic E-state index is 0.131. The Morgan fingerprint density at radius 1 is 1.32 bits per heavy atom. The van der Waals surface area contributed by atoms with Crippen LogP contribution in [-0.2, 0) is 0 Å². The van der Waals surface area contributed by atoms with E-state index in [0.717, 1.165) is 45.3 Å². The minimum Gasteiger partial charge on any atom is -0.391 e. The van der Waals surface area contributed by atoms with E-state index in [1.807, 2.05) is 0 Å². The summed E-state index contributed by atoms with van der Waals surface area (Å²) in [6.45, 7) is 5.88. The van der Waals surface area contributed by atoms with Gasteiger partial charge in [0.25, 0.3) is 0 Å². The predicted molar refractivity (Wildman–Crippen MR) is 75.0 cm³/mol. The van der Waals surface area contributed by atoms with E-state index in [9.17, 15) is 9.90 Å². The lowest BCUT2D eigenvalue weighted by atomic mass is 10.1. The van der Waals surface area contributed by atoms with Gasteiger partial charge in [-0.1, -0.05) is 6.92 Å². The molecule has 3 N–H and O–H groups in total. The number of aliphatic hydroxyl groups is 1. The summed E-state index contributed by atoms with van der Waals surface area (Å²) in [5, 5.41) is 15.5. The lowest BCUT2D eigenvalue weighted by molar-refractivity contribution is 0.147. The zero-order valence-corrected chi connectivity index (χ0v) is 11.9. The second kappa shape index (κ2) is 7.10. The Balaban J connectivity index is 1.57. The van der Waals surface area contributed by atoms with Crippen LogP contribution in [-0.4, -0.2) is 54.4 Å². The van der Waals surface area contributed by atoms with Gasteiger partial charge in [-0.2, -0.15) is 0 Å². The second-order valence-corrected chi connectivity index (χ2v) is 5.88. The maximum Gasteiger partial charge on any atom is 0.315 e. The van der Waals surface area contributed by atoms with Gasteiger partial charge < -0.3 is 20.6 Å². The normalized spacial score (nSPS) is 23.1. The topological polar surface area (TPSA) is 64.6 Å². The molecule has 5 heteroatoms. The molecule has 2 amide bonds. The Morgan fingerprint density at radius 2 is 2.00 bits per heavy atom. The van der Waals surface area contributed by atoms with Gasteiger partial charge in [0, 0.05) is 25.7 Å². The van der Waals surface area contributed by atoms with E-state index in [2.05, 4.69) is 22.5 Å². The molecule has 0 bridgehead atoms. The molecular formula is C14H27N3O2. The molecule has 1 saturated carbocycles. The van der Waals surface area contributed by atoms with Crippen LogP contribution in [0.25, 0.3) is 0 Å². The van der Waals surface area contributed by atoms with E-state index >= 15 is 0 Å². The molecule has 0 unspecified atom stereocenters. The number of rotatable bonds is 6. The Morgan fingerprint density at radius 3 is 2.58 bits per heavy atom. The number of nitrogens with zero attached hydrogens (tertiary/aromatic N) is 1. The minimum atomic E-state index is -0.364. The number of piperidine rings is 1. The fourth-order valence-corrected chi connectivity index (χ4v) is 2.70. The van der Waals surface area contributed by atoms with Crippen molar-refractivity contribution in [3.8, 4) is 0 Å². The number of aliphatic hydroxyl groups excluding tert-OH is 1.